The SMILES string of the molecule is C=Cc1cc2nc3cc(O)c(O)cc3nc2cc1/C=C\c1cc2nc3cc(O)c(O)cc3nc2cc1C. The molecule has 180 valence electrons. The largest absolute Gasteiger partial charge is 0.504 e. The van der Waals surface area contributed by atoms with Crippen molar-refractivity contribution in [3.05, 3.63) is 77.4 Å². The fraction of sp³-hybridized carbons (Fsp3) is 0.0345. The second-order valence-corrected chi connectivity index (χ2v) is 8.81. The number of nitrogens with zero attached hydrogens (tertiary/aromatic N) is 4. The van der Waals surface area contributed by atoms with E-state index in [4.69, 9.17) is 0 Å². The lowest BCUT2D eigenvalue weighted by molar-refractivity contribution is 0.404. The second kappa shape index (κ2) is 8.17. The van der Waals surface area contributed by atoms with E-state index in [0.29, 0.717) is 44.1 Å². The molecule has 0 bridgehead atoms. The third-order valence-corrected chi connectivity index (χ3v) is 6.31. The Bertz CT molecular complexity index is 1960. The van der Waals surface area contributed by atoms with Crippen molar-refractivity contribution in [2.75, 3.05) is 0 Å². The zero-order valence-corrected chi connectivity index (χ0v) is 19.6. The van der Waals surface area contributed by atoms with Gasteiger partial charge in [0.2, 0.25) is 0 Å². The van der Waals surface area contributed by atoms with E-state index >= 15 is 0 Å². The normalized spacial score (nSPS) is 11.8. The summed E-state index contributed by atoms with van der Waals surface area (Å²) in [6, 6.07) is 13.2. The molecule has 4 aromatic carbocycles. The van der Waals surface area contributed by atoms with Gasteiger partial charge in [0, 0.05) is 24.3 Å². The molecule has 0 aliphatic carbocycles. The average Bonchev–Trinajstić information content (AvgIpc) is 2.86. The van der Waals surface area contributed by atoms with Gasteiger partial charge in [-0.05, 0) is 53.4 Å². The first kappa shape index (κ1) is 22.2. The molecule has 2 heterocycles. The predicted molar refractivity (Wildman–Crippen MR) is 145 cm³/mol. The van der Waals surface area contributed by atoms with Gasteiger partial charge in [-0.1, -0.05) is 24.8 Å². The molecule has 0 atom stereocenters. The lowest BCUT2D eigenvalue weighted by atomic mass is 10.0. The lowest BCUT2D eigenvalue weighted by Crippen LogP contribution is -1.92. The van der Waals surface area contributed by atoms with Crippen LogP contribution < -0.4 is 0 Å². The van der Waals surface area contributed by atoms with Crippen molar-refractivity contribution >= 4 is 62.4 Å². The van der Waals surface area contributed by atoms with Crippen LogP contribution in [0.4, 0.5) is 0 Å². The Labute approximate surface area is 210 Å². The standard InChI is InChI=1S/C29H20N4O4/c1-3-15-7-19-21(33-25-13-29(37)28(36)12-24(25)31-19)9-17(15)5-4-16-8-20-18(6-14(16)2)30-22-10-26(34)27(35)11-23(22)32-20/h3-13,34-37H,1H2,2H3/b5-4-. The highest BCUT2D eigenvalue weighted by Gasteiger charge is 2.11. The Balaban J connectivity index is 1.45. The molecule has 0 radical (unpaired) electrons. The topological polar surface area (TPSA) is 132 Å². The molecule has 8 nitrogen and oxygen atoms in total. The Hall–Kier alpha value is -5.24. The lowest BCUT2D eigenvalue weighted by Gasteiger charge is -2.08. The van der Waals surface area contributed by atoms with Crippen molar-refractivity contribution in [1.82, 2.24) is 19.9 Å². The van der Waals surface area contributed by atoms with Gasteiger partial charge in [0.15, 0.2) is 23.0 Å². The van der Waals surface area contributed by atoms with Gasteiger partial charge in [0.25, 0.3) is 0 Å². The number of benzene rings is 4. The van der Waals surface area contributed by atoms with Crippen LogP contribution in [-0.4, -0.2) is 40.4 Å². The quantitative estimate of drug-likeness (QED) is 0.139. The summed E-state index contributed by atoms with van der Waals surface area (Å²) in [6.45, 7) is 5.91. The Morgan fingerprint density at radius 3 is 1.24 bits per heavy atom. The van der Waals surface area contributed by atoms with Gasteiger partial charge >= 0.3 is 0 Å². The highest BCUT2D eigenvalue weighted by atomic mass is 16.3. The zero-order valence-electron chi connectivity index (χ0n) is 19.6. The van der Waals surface area contributed by atoms with Gasteiger partial charge in [0.1, 0.15) is 0 Å². The molecular formula is C29H20N4O4. The molecule has 6 aromatic rings. The summed E-state index contributed by atoms with van der Waals surface area (Å²) >= 11 is 0. The molecule has 0 aliphatic rings. The summed E-state index contributed by atoms with van der Waals surface area (Å²) in [5.41, 5.74) is 8.21. The summed E-state index contributed by atoms with van der Waals surface area (Å²) in [6.07, 6.45) is 5.68. The number of hydrogen-bond acceptors (Lipinski definition) is 8. The molecular weight excluding hydrogens is 468 g/mol. The number of aromatic hydroxyl groups is 4. The van der Waals surface area contributed by atoms with Crippen molar-refractivity contribution in [1.29, 1.82) is 0 Å². The van der Waals surface area contributed by atoms with Gasteiger partial charge in [-0.2, -0.15) is 0 Å². The number of aromatic nitrogens is 4. The minimum absolute atomic E-state index is 0.238. The van der Waals surface area contributed by atoms with Gasteiger partial charge < -0.3 is 20.4 Å². The van der Waals surface area contributed by atoms with Crippen molar-refractivity contribution in [3.63, 3.8) is 0 Å². The fourth-order valence-electron chi connectivity index (χ4n) is 4.33. The highest BCUT2D eigenvalue weighted by Crippen LogP contribution is 2.32. The maximum atomic E-state index is 9.85. The van der Waals surface area contributed by atoms with E-state index in [2.05, 4.69) is 26.5 Å². The third kappa shape index (κ3) is 3.81. The Morgan fingerprint density at radius 2 is 0.811 bits per heavy atom. The van der Waals surface area contributed by atoms with E-state index in [-0.39, 0.29) is 23.0 Å². The van der Waals surface area contributed by atoms with Gasteiger partial charge in [0.05, 0.1) is 44.1 Å². The van der Waals surface area contributed by atoms with Crippen LogP contribution in [0.1, 0.15) is 22.3 Å². The van der Waals surface area contributed by atoms with Crippen molar-refractivity contribution in [2.24, 2.45) is 0 Å². The van der Waals surface area contributed by atoms with Crippen molar-refractivity contribution in [2.45, 2.75) is 6.92 Å². The molecule has 6 rings (SSSR count). The van der Waals surface area contributed by atoms with E-state index in [1.54, 1.807) is 6.08 Å². The van der Waals surface area contributed by atoms with Crippen LogP contribution in [0.3, 0.4) is 0 Å². The number of phenolic OH excluding ortho intramolecular Hbond substituents is 4. The number of rotatable bonds is 3. The van der Waals surface area contributed by atoms with E-state index in [1.165, 1.54) is 24.3 Å². The maximum absolute atomic E-state index is 9.85. The molecule has 0 unspecified atom stereocenters. The maximum Gasteiger partial charge on any atom is 0.159 e. The fourth-order valence-corrected chi connectivity index (χ4v) is 4.33. The van der Waals surface area contributed by atoms with Crippen LogP contribution in [0.25, 0.3) is 62.4 Å². The summed E-state index contributed by atoms with van der Waals surface area (Å²) < 4.78 is 0. The van der Waals surface area contributed by atoms with Crippen molar-refractivity contribution < 1.29 is 20.4 Å². The molecule has 0 saturated carbocycles. The van der Waals surface area contributed by atoms with E-state index in [0.717, 1.165) is 22.3 Å². The van der Waals surface area contributed by atoms with Crippen molar-refractivity contribution in [3.8, 4) is 23.0 Å². The van der Waals surface area contributed by atoms with E-state index < -0.39 is 0 Å². The number of aryl methyl sites for hydroxylation is 1. The van der Waals surface area contributed by atoms with Crippen LogP contribution in [-0.2, 0) is 0 Å². The first-order valence-corrected chi connectivity index (χ1v) is 11.4. The number of fused-ring (bicyclic) bond motifs is 4. The second-order valence-electron chi connectivity index (χ2n) is 8.81. The van der Waals surface area contributed by atoms with Crippen LogP contribution in [0.5, 0.6) is 23.0 Å². The predicted octanol–water partition coefficient (Wildman–Crippen LogP) is 5.82. The summed E-state index contributed by atoms with van der Waals surface area (Å²) in [7, 11) is 0. The molecule has 8 heteroatoms. The third-order valence-electron chi connectivity index (χ3n) is 6.31. The molecule has 37 heavy (non-hydrogen) atoms. The number of phenols is 4. The highest BCUT2D eigenvalue weighted by molar-refractivity contribution is 5.93. The van der Waals surface area contributed by atoms with Crippen LogP contribution in [0, 0.1) is 6.92 Å². The minimum atomic E-state index is -0.251. The summed E-state index contributed by atoms with van der Waals surface area (Å²) in [5, 5.41) is 39.3. The molecule has 0 spiro atoms. The molecule has 2 aromatic heterocycles. The summed E-state index contributed by atoms with van der Waals surface area (Å²) in [4.78, 5) is 18.4. The Morgan fingerprint density at radius 1 is 0.486 bits per heavy atom. The molecule has 0 aliphatic heterocycles. The first-order valence-electron chi connectivity index (χ1n) is 11.4. The minimum Gasteiger partial charge on any atom is -0.504 e. The zero-order chi connectivity index (χ0) is 25.8. The summed E-state index contributed by atoms with van der Waals surface area (Å²) in [5.74, 6) is -0.982. The Kier molecular flexibility index (Phi) is 4.91. The molecule has 0 amide bonds. The van der Waals surface area contributed by atoms with Gasteiger partial charge in [-0.3, -0.25) is 0 Å². The molecule has 0 fully saturated rings. The van der Waals surface area contributed by atoms with Gasteiger partial charge in [-0.25, -0.2) is 19.9 Å². The average molecular weight is 489 g/mol. The molecule has 4 N–H and O–H groups in total. The number of hydrogen-bond donors (Lipinski definition) is 4. The van der Waals surface area contributed by atoms with Crippen LogP contribution >= 0.6 is 0 Å². The smallest absolute Gasteiger partial charge is 0.159 e. The van der Waals surface area contributed by atoms with Crippen LogP contribution in [0.15, 0.2) is 55.1 Å². The van der Waals surface area contributed by atoms with E-state index in [9.17, 15) is 20.4 Å². The first-order chi connectivity index (χ1) is 17.8. The molecule has 0 saturated heterocycles. The van der Waals surface area contributed by atoms with Gasteiger partial charge in [-0.15, -0.1) is 0 Å². The van der Waals surface area contributed by atoms with Crippen LogP contribution in [0.2, 0.25) is 0 Å². The van der Waals surface area contributed by atoms with E-state index in [1.807, 2.05) is 43.3 Å². The monoisotopic (exact) mass is 488 g/mol.